The van der Waals surface area contributed by atoms with Gasteiger partial charge in [-0.25, -0.2) is 4.98 Å². The smallest absolute Gasteiger partial charge is 0.270 e. The van der Waals surface area contributed by atoms with Crippen LogP contribution in [0, 0.1) is 24.0 Å². The zero-order valence-electron chi connectivity index (χ0n) is 17.3. The minimum absolute atomic E-state index is 0.128. The fourth-order valence-corrected chi connectivity index (χ4v) is 4.33. The zero-order chi connectivity index (χ0) is 22.0. The van der Waals surface area contributed by atoms with Crippen molar-refractivity contribution in [1.29, 1.82) is 0 Å². The molecule has 1 aliphatic rings. The lowest BCUT2D eigenvalue weighted by Crippen LogP contribution is -2.37. The number of hydrogen-bond donors (Lipinski definition) is 1. The number of non-ortho nitro benzene ring substituents is 1. The molecule has 0 spiro atoms. The molecular formula is C22H22N4O4S. The van der Waals surface area contributed by atoms with Crippen LogP contribution in [0.2, 0.25) is 0 Å². The van der Waals surface area contributed by atoms with Crippen molar-refractivity contribution in [3.05, 3.63) is 68.6 Å². The van der Waals surface area contributed by atoms with E-state index in [-0.39, 0.29) is 11.3 Å². The van der Waals surface area contributed by atoms with Crippen molar-refractivity contribution < 1.29 is 14.5 Å². The Hall–Kier alpha value is -3.30. The van der Waals surface area contributed by atoms with Gasteiger partial charge in [-0.3, -0.25) is 20.2 Å². The summed E-state index contributed by atoms with van der Waals surface area (Å²) in [4.78, 5) is 30.4. The fraction of sp³-hybridized carbons (Fsp3) is 0.273. The molecule has 1 saturated heterocycles. The summed E-state index contributed by atoms with van der Waals surface area (Å²) < 4.78 is 5.38. The minimum atomic E-state index is -0.498. The Kier molecular flexibility index (Phi) is 5.97. The standard InChI is InChI=1S/C22H22N4O4S/c1-14-3-5-17(15(2)11-14)19-13-31-22(23-19)24-21(27)18-12-16(26(28)29)4-6-20(18)25-7-9-30-10-8-25/h3-6,11-13H,7-10H2,1-2H3,(H,23,24,27). The highest BCUT2D eigenvalue weighted by Gasteiger charge is 2.23. The van der Waals surface area contributed by atoms with Gasteiger partial charge in [-0.05, 0) is 25.5 Å². The summed E-state index contributed by atoms with van der Waals surface area (Å²) in [6.07, 6.45) is 0. The normalized spacial score (nSPS) is 13.8. The van der Waals surface area contributed by atoms with E-state index in [1.165, 1.54) is 29.0 Å². The average molecular weight is 439 g/mol. The van der Waals surface area contributed by atoms with Gasteiger partial charge in [-0.2, -0.15) is 0 Å². The van der Waals surface area contributed by atoms with Crippen LogP contribution in [-0.4, -0.2) is 42.1 Å². The largest absolute Gasteiger partial charge is 0.378 e. The second-order valence-electron chi connectivity index (χ2n) is 7.37. The van der Waals surface area contributed by atoms with Crippen LogP contribution in [-0.2, 0) is 4.74 Å². The number of benzene rings is 2. The van der Waals surface area contributed by atoms with Crippen LogP contribution in [0.5, 0.6) is 0 Å². The van der Waals surface area contributed by atoms with Crippen LogP contribution in [0.15, 0.2) is 41.8 Å². The summed E-state index contributed by atoms with van der Waals surface area (Å²) >= 11 is 1.32. The molecule has 1 aliphatic heterocycles. The predicted octanol–water partition coefficient (Wildman–Crippen LogP) is 4.42. The number of rotatable bonds is 5. The first-order valence-corrected chi connectivity index (χ1v) is 10.8. The summed E-state index contributed by atoms with van der Waals surface area (Å²) in [5.41, 5.74) is 4.84. The van der Waals surface area contributed by atoms with E-state index in [1.54, 1.807) is 6.07 Å². The van der Waals surface area contributed by atoms with Gasteiger partial charge in [0, 0.05) is 36.2 Å². The number of nitro benzene ring substituents is 1. The molecule has 0 aliphatic carbocycles. The molecule has 0 bridgehead atoms. The van der Waals surface area contributed by atoms with Crippen molar-refractivity contribution in [3.63, 3.8) is 0 Å². The van der Waals surface area contributed by atoms with Gasteiger partial charge in [-0.1, -0.05) is 23.8 Å². The molecule has 1 fully saturated rings. The van der Waals surface area contributed by atoms with E-state index in [0.29, 0.717) is 37.1 Å². The lowest BCUT2D eigenvalue weighted by atomic mass is 10.0. The summed E-state index contributed by atoms with van der Waals surface area (Å²) in [6, 6.07) is 10.5. The van der Waals surface area contributed by atoms with Gasteiger partial charge in [-0.15, -0.1) is 11.3 Å². The Morgan fingerprint density at radius 1 is 1.19 bits per heavy atom. The molecule has 1 aromatic heterocycles. The van der Waals surface area contributed by atoms with Crippen LogP contribution in [0.3, 0.4) is 0 Å². The topological polar surface area (TPSA) is 97.6 Å². The van der Waals surface area contributed by atoms with Gasteiger partial charge in [0.2, 0.25) is 0 Å². The van der Waals surface area contributed by atoms with Gasteiger partial charge in [0.05, 0.1) is 35.1 Å². The Labute approximate surface area is 183 Å². The molecule has 1 N–H and O–H groups in total. The number of thiazole rings is 1. The van der Waals surface area contributed by atoms with Crippen molar-refractivity contribution in [1.82, 2.24) is 4.98 Å². The number of amides is 1. The van der Waals surface area contributed by atoms with E-state index in [1.807, 2.05) is 36.3 Å². The second-order valence-corrected chi connectivity index (χ2v) is 8.23. The summed E-state index contributed by atoms with van der Waals surface area (Å²) in [5.74, 6) is -0.424. The van der Waals surface area contributed by atoms with Crippen LogP contribution in [0.1, 0.15) is 21.5 Å². The number of aryl methyl sites for hydroxylation is 2. The van der Waals surface area contributed by atoms with Gasteiger partial charge in [0.1, 0.15) is 0 Å². The van der Waals surface area contributed by atoms with Crippen LogP contribution in [0.4, 0.5) is 16.5 Å². The number of aromatic nitrogens is 1. The highest BCUT2D eigenvalue weighted by molar-refractivity contribution is 7.14. The van der Waals surface area contributed by atoms with Crippen LogP contribution < -0.4 is 10.2 Å². The van der Waals surface area contributed by atoms with Crippen molar-refractivity contribution in [2.45, 2.75) is 13.8 Å². The van der Waals surface area contributed by atoms with E-state index < -0.39 is 10.8 Å². The number of carbonyl (C=O) groups excluding carboxylic acids is 1. The van der Waals surface area contributed by atoms with Crippen molar-refractivity contribution in [2.75, 3.05) is 36.5 Å². The molecule has 2 heterocycles. The Bertz CT molecular complexity index is 1140. The summed E-state index contributed by atoms with van der Waals surface area (Å²) in [5, 5.41) is 16.4. The maximum absolute atomic E-state index is 13.1. The molecule has 8 nitrogen and oxygen atoms in total. The van der Waals surface area contributed by atoms with Gasteiger partial charge in [0.15, 0.2) is 5.13 Å². The number of carbonyl (C=O) groups is 1. The quantitative estimate of drug-likeness (QED) is 0.468. The minimum Gasteiger partial charge on any atom is -0.378 e. The van der Waals surface area contributed by atoms with Crippen molar-refractivity contribution in [2.24, 2.45) is 0 Å². The first-order chi connectivity index (χ1) is 14.9. The molecule has 31 heavy (non-hydrogen) atoms. The van der Waals surface area contributed by atoms with Crippen LogP contribution in [0.25, 0.3) is 11.3 Å². The second kappa shape index (κ2) is 8.83. The summed E-state index contributed by atoms with van der Waals surface area (Å²) in [6.45, 7) is 6.39. The Balaban J connectivity index is 1.61. The van der Waals surface area contributed by atoms with Crippen LogP contribution >= 0.6 is 11.3 Å². The molecule has 1 amide bonds. The Morgan fingerprint density at radius 2 is 1.97 bits per heavy atom. The number of anilines is 2. The molecule has 9 heteroatoms. The maximum atomic E-state index is 13.1. The van der Waals surface area contributed by atoms with E-state index in [9.17, 15) is 14.9 Å². The van der Waals surface area contributed by atoms with E-state index in [0.717, 1.165) is 16.8 Å². The highest BCUT2D eigenvalue weighted by Crippen LogP contribution is 2.30. The number of nitro groups is 1. The molecule has 160 valence electrons. The average Bonchev–Trinajstić information content (AvgIpc) is 3.22. The molecule has 2 aromatic carbocycles. The number of ether oxygens (including phenoxy) is 1. The highest BCUT2D eigenvalue weighted by atomic mass is 32.1. The third-order valence-corrected chi connectivity index (χ3v) is 5.93. The molecule has 0 saturated carbocycles. The zero-order valence-corrected chi connectivity index (χ0v) is 18.1. The molecule has 0 radical (unpaired) electrons. The van der Waals surface area contributed by atoms with Gasteiger partial charge in [0.25, 0.3) is 11.6 Å². The predicted molar refractivity (Wildman–Crippen MR) is 121 cm³/mol. The summed E-state index contributed by atoms with van der Waals surface area (Å²) in [7, 11) is 0. The number of hydrogen-bond acceptors (Lipinski definition) is 7. The van der Waals surface area contributed by atoms with Crippen molar-refractivity contribution in [3.8, 4) is 11.3 Å². The van der Waals surface area contributed by atoms with Gasteiger partial charge >= 0.3 is 0 Å². The fourth-order valence-electron chi connectivity index (χ4n) is 3.62. The maximum Gasteiger partial charge on any atom is 0.270 e. The molecule has 4 rings (SSSR count). The molecule has 0 unspecified atom stereocenters. The Morgan fingerprint density at radius 3 is 2.68 bits per heavy atom. The molecule has 3 aromatic rings. The van der Waals surface area contributed by atoms with E-state index in [4.69, 9.17) is 4.74 Å². The molecular weight excluding hydrogens is 416 g/mol. The SMILES string of the molecule is Cc1ccc(-c2csc(NC(=O)c3cc([N+](=O)[O-])ccc3N3CCOCC3)n2)c(C)c1. The third kappa shape index (κ3) is 4.57. The van der Waals surface area contributed by atoms with Crippen molar-refractivity contribution >= 4 is 33.8 Å². The number of nitrogens with one attached hydrogen (secondary N) is 1. The first kappa shape index (κ1) is 21.0. The number of nitrogens with zero attached hydrogens (tertiary/aromatic N) is 3. The van der Waals surface area contributed by atoms with Gasteiger partial charge < -0.3 is 9.64 Å². The monoisotopic (exact) mass is 438 g/mol. The number of morpholine rings is 1. The lowest BCUT2D eigenvalue weighted by molar-refractivity contribution is -0.384. The molecule has 0 atom stereocenters. The third-order valence-electron chi connectivity index (χ3n) is 5.17. The van der Waals surface area contributed by atoms with E-state index in [2.05, 4.69) is 16.4 Å². The first-order valence-electron chi connectivity index (χ1n) is 9.88. The van der Waals surface area contributed by atoms with E-state index >= 15 is 0 Å². The lowest BCUT2D eigenvalue weighted by Gasteiger charge is -2.30.